The van der Waals surface area contributed by atoms with Crippen LogP contribution in [-0.4, -0.2) is 18.9 Å². The molecular weight excluding hydrogens is 180 g/mol. The predicted molar refractivity (Wildman–Crippen MR) is 52.7 cm³/mol. The molecule has 0 bridgehead atoms. The first kappa shape index (κ1) is 11.0. The van der Waals surface area contributed by atoms with Gasteiger partial charge in [0.05, 0.1) is 13.0 Å². The fourth-order valence-corrected chi connectivity index (χ4v) is 1.68. The van der Waals surface area contributed by atoms with Crippen LogP contribution < -0.4 is 0 Å². The Balaban J connectivity index is 2.56. The van der Waals surface area contributed by atoms with Gasteiger partial charge in [-0.1, -0.05) is 13.0 Å². The van der Waals surface area contributed by atoms with Crippen LogP contribution in [0.25, 0.3) is 0 Å². The Morgan fingerprint density at radius 1 is 1.64 bits per heavy atom. The summed E-state index contributed by atoms with van der Waals surface area (Å²) in [5.41, 5.74) is 0.808. The molecule has 1 aliphatic carbocycles. The summed E-state index contributed by atoms with van der Waals surface area (Å²) in [4.78, 5) is 22.6. The van der Waals surface area contributed by atoms with Gasteiger partial charge in [-0.15, -0.1) is 0 Å². The normalized spacial score (nSPS) is 17.9. The van der Waals surface area contributed by atoms with Crippen molar-refractivity contribution in [2.75, 3.05) is 7.11 Å². The summed E-state index contributed by atoms with van der Waals surface area (Å²) in [6.45, 7) is 1.93. The average molecular weight is 196 g/mol. The minimum absolute atomic E-state index is 0.159. The zero-order chi connectivity index (χ0) is 10.6. The number of hydrogen-bond donors (Lipinski definition) is 0. The highest BCUT2D eigenvalue weighted by molar-refractivity contribution is 5.98. The van der Waals surface area contributed by atoms with Crippen LogP contribution in [0.1, 0.15) is 32.6 Å². The third-order valence-electron chi connectivity index (χ3n) is 2.61. The summed E-state index contributed by atoms with van der Waals surface area (Å²) >= 11 is 0. The molecule has 0 saturated carbocycles. The molecule has 1 aliphatic rings. The first-order valence-corrected chi connectivity index (χ1v) is 4.99. The van der Waals surface area contributed by atoms with E-state index in [2.05, 4.69) is 4.74 Å². The molecule has 0 heterocycles. The monoisotopic (exact) mass is 196 g/mol. The van der Waals surface area contributed by atoms with E-state index in [1.54, 1.807) is 0 Å². The van der Waals surface area contributed by atoms with Crippen LogP contribution in [0.15, 0.2) is 11.6 Å². The second-order valence-electron chi connectivity index (χ2n) is 3.52. The van der Waals surface area contributed by atoms with Crippen LogP contribution in [0.3, 0.4) is 0 Å². The van der Waals surface area contributed by atoms with Gasteiger partial charge in [-0.2, -0.15) is 0 Å². The van der Waals surface area contributed by atoms with Crippen LogP contribution in [-0.2, 0) is 14.3 Å². The summed E-state index contributed by atoms with van der Waals surface area (Å²) in [6, 6.07) is 0. The Morgan fingerprint density at radius 2 is 2.36 bits per heavy atom. The highest BCUT2D eigenvalue weighted by atomic mass is 16.5. The van der Waals surface area contributed by atoms with Crippen molar-refractivity contribution in [2.24, 2.45) is 5.92 Å². The van der Waals surface area contributed by atoms with E-state index in [1.165, 1.54) is 7.11 Å². The first-order valence-electron chi connectivity index (χ1n) is 4.99. The van der Waals surface area contributed by atoms with Gasteiger partial charge in [-0.05, 0) is 24.8 Å². The van der Waals surface area contributed by atoms with E-state index in [0.29, 0.717) is 12.8 Å². The lowest BCUT2D eigenvalue weighted by Crippen LogP contribution is -2.17. The molecule has 0 saturated heterocycles. The van der Waals surface area contributed by atoms with E-state index >= 15 is 0 Å². The second-order valence-corrected chi connectivity index (χ2v) is 3.52. The van der Waals surface area contributed by atoms with Gasteiger partial charge in [0, 0.05) is 6.42 Å². The number of ketones is 1. The maximum Gasteiger partial charge on any atom is 0.308 e. The maximum absolute atomic E-state index is 11.3. The Hall–Kier alpha value is -1.12. The van der Waals surface area contributed by atoms with Crippen LogP contribution >= 0.6 is 0 Å². The van der Waals surface area contributed by atoms with Crippen molar-refractivity contribution >= 4 is 11.8 Å². The highest BCUT2D eigenvalue weighted by Gasteiger charge is 2.23. The predicted octanol–water partition coefficient (Wildman–Crippen LogP) is 1.86. The van der Waals surface area contributed by atoms with Crippen molar-refractivity contribution in [1.29, 1.82) is 0 Å². The molecule has 0 N–H and O–H groups in total. The number of allylic oxidation sites excluding steroid dienone is 2. The molecule has 3 heteroatoms. The smallest absolute Gasteiger partial charge is 0.308 e. The van der Waals surface area contributed by atoms with E-state index in [1.807, 2.05) is 13.0 Å². The fourth-order valence-electron chi connectivity index (χ4n) is 1.68. The summed E-state index contributed by atoms with van der Waals surface area (Å²) in [5.74, 6) is -0.186. The molecule has 78 valence electrons. The average Bonchev–Trinajstić information content (AvgIpc) is 2.59. The van der Waals surface area contributed by atoms with E-state index < -0.39 is 0 Å². The van der Waals surface area contributed by atoms with Crippen molar-refractivity contribution in [3.8, 4) is 0 Å². The number of ether oxygens (including phenoxy) is 1. The Morgan fingerprint density at radius 3 is 2.79 bits per heavy atom. The van der Waals surface area contributed by atoms with Crippen LogP contribution in [0.2, 0.25) is 0 Å². The third kappa shape index (κ3) is 2.44. The molecule has 3 nitrogen and oxygen atoms in total. The lowest BCUT2D eigenvalue weighted by Gasteiger charge is -2.11. The number of Topliss-reactive ketones (excluding diaryl/α,β-unsaturated/α-hetero) is 1. The van der Waals surface area contributed by atoms with E-state index in [9.17, 15) is 9.59 Å². The van der Waals surface area contributed by atoms with Crippen molar-refractivity contribution in [1.82, 2.24) is 0 Å². The number of hydrogen-bond acceptors (Lipinski definition) is 3. The SMILES string of the molecule is CC[C@H](CC1=CCCC1=O)C(=O)OC. The molecule has 14 heavy (non-hydrogen) atoms. The number of carbonyl (C=O) groups excluding carboxylic acids is 2. The van der Waals surface area contributed by atoms with Gasteiger partial charge in [0.25, 0.3) is 0 Å². The Bertz CT molecular complexity index is 266. The van der Waals surface area contributed by atoms with Crippen LogP contribution in [0.4, 0.5) is 0 Å². The molecule has 0 unspecified atom stereocenters. The van der Waals surface area contributed by atoms with Gasteiger partial charge in [-0.25, -0.2) is 0 Å². The molecule has 0 aliphatic heterocycles. The van der Waals surface area contributed by atoms with Crippen LogP contribution in [0, 0.1) is 5.92 Å². The minimum Gasteiger partial charge on any atom is -0.469 e. The standard InChI is InChI=1S/C11H16O3/c1-3-8(11(13)14-2)7-9-5-4-6-10(9)12/h5,8H,3-4,6-7H2,1-2H3/t8-/m1/s1. The quantitative estimate of drug-likeness (QED) is 0.644. The molecule has 1 rings (SSSR count). The van der Waals surface area contributed by atoms with Crippen LogP contribution in [0.5, 0.6) is 0 Å². The molecule has 0 spiro atoms. The summed E-state index contributed by atoms with van der Waals surface area (Å²) in [7, 11) is 1.38. The number of carbonyl (C=O) groups is 2. The van der Waals surface area contributed by atoms with E-state index in [0.717, 1.165) is 18.4 Å². The fraction of sp³-hybridized carbons (Fsp3) is 0.636. The van der Waals surface area contributed by atoms with Gasteiger partial charge in [-0.3, -0.25) is 9.59 Å². The molecule has 0 aromatic carbocycles. The van der Waals surface area contributed by atoms with Gasteiger partial charge in [0.2, 0.25) is 0 Å². The molecule has 0 amide bonds. The largest absolute Gasteiger partial charge is 0.469 e. The number of esters is 1. The molecule has 0 radical (unpaired) electrons. The Labute approximate surface area is 84.1 Å². The lowest BCUT2D eigenvalue weighted by atomic mass is 9.96. The van der Waals surface area contributed by atoms with Crippen molar-refractivity contribution in [3.63, 3.8) is 0 Å². The second kappa shape index (κ2) is 4.94. The van der Waals surface area contributed by atoms with Gasteiger partial charge < -0.3 is 4.74 Å². The summed E-state index contributed by atoms with van der Waals surface area (Å²) < 4.78 is 4.67. The molecule has 0 fully saturated rings. The number of methoxy groups -OCH3 is 1. The molecule has 0 aromatic rings. The molecule has 0 aromatic heterocycles. The number of rotatable bonds is 4. The van der Waals surface area contributed by atoms with Crippen molar-refractivity contribution < 1.29 is 14.3 Å². The maximum atomic E-state index is 11.3. The zero-order valence-electron chi connectivity index (χ0n) is 8.71. The summed E-state index contributed by atoms with van der Waals surface area (Å²) in [6.07, 6.45) is 4.63. The van der Waals surface area contributed by atoms with Gasteiger partial charge in [0.15, 0.2) is 5.78 Å². The summed E-state index contributed by atoms with van der Waals surface area (Å²) in [5, 5.41) is 0. The molecule has 1 atom stereocenters. The van der Waals surface area contributed by atoms with Crippen molar-refractivity contribution in [2.45, 2.75) is 32.6 Å². The first-order chi connectivity index (χ1) is 6.69. The lowest BCUT2D eigenvalue weighted by molar-refractivity contribution is -0.145. The zero-order valence-corrected chi connectivity index (χ0v) is 8.71. The minimum atomic E-state index is -0.215. The Kier molecular flexibility index (Phi) is 3.86. The highest BCUT2D eigenvalue weighted by Crippen LogP contribution is 2.23. The topological polar surface area (TPSA) is 43.4 Å². The van der Waals surface area contributed by atoms with E-state index in [-0.39, 0.29) is 17.7 Å². The molecular formula is C11H16O3. The third-order valence-corrected chi connectivity index (χ3v) is 2.61. The van der Waals surface area contributed by atoms with E-state index in [4.69, 9.17) is 0 Å². The van der Waals surface area contributed by atoms with Crippen molar-refractivity contribution in [3.05, 3.63) is 11.6 Å². The van der Waals surface area contributed by atoms with Gasteiger partial charge >= 0.3 is 5.97 Å². The van der Waals surface area contributed by atoms with Gasteiger partial charge in [0.1, 0.15) is 0 Å².